The molecule has 15 heavy (non-hydrogen) atoms. The first kappa shape index (κ1) is 12.9. The van der Waals surface area contributed by atoms with Gasteiger partial charge in [-0.1, -0.05) is 0 Å². The Balaban J connectivity index is 2.56. The van der Waals surface area contributed by atoms with Crippen molar-refractivity contribution in [1.82, 2.24) is 9.62 Å². The summed E-state index contributed by atoms with van der Waals surface area (Å²) in [6, 6.07) is 0. The molecule has 1 rings (SSSR count). The molecule has 1 aliphatic heterocycles. The lowest BCUT2D eigenvalue weighted by Crippen LogP contribution is -2.51. The number of likely N-dealkylation sites (N-methyl/N-ethyl adjacent to an activating group) is 1. The van der Waals surface area contributed by atoms with Crippen molar-refractivity contribution in [2.45, 2.75) is 25.4 Å². The molecule has 1 saturated heterocycles. The highest BCUT2D eigenvalue weighted by Gasteiger charge is 2.35. The van der Waals surface area contributed by atoms with Gasteiger partial charge in [0.15, 0.2) is 0 Å². The minimum Gasteiger partial charge on any atom is -0.388 e. The van der Waals surface area contributed by atoms with E-state index in [1.54, 1.807) is 14.0 Å². The van der Waals surface area contributed by atoms with Crippen molar-refractivity contribution < 1.29 is 13.5 Å². The Morgan fingerprint density at radius 2 is 1.93 bits per heavy atom. The molecular formula is C9H20N2O3S. The van der Waals surface area contributed by atoms with Crippen LogP contribution in [0.1, 0.15) is 19.8 Å². The average Bonchev–Trinajstić information content (AvgIpc) is 2.18. The van der Waals surface area contributed by atoms with Gasteiger partial charge in [-0.15, -0.1) is 0 Å². The Labute approximate surface area is 91.5 Å². The zero-order valence-corrected chi connectivity index (χ0v) is 10.2. The number of hydrogen-bond donors (Lipinski definition) is 2. The van der Waals surface area contributed by atoms with Gasteiger partial charge < -0.3 is 10.4 Å². The number of nitrogens with zero attached hydrogens (tertiary/aromatic N) is 1. The summed E-state index contributed by atoms with van der Waals surface area (Å²) in [6.07, 6.45) is 1.01. The molecule has 0 bridgehead atoms. The molecule has 0 atom stereocenters. The Hall–Kier alpha value is -0.170. The predicted octanol–water partition coefficient (Wildman–Crippen LogP) is -0.618. The molecule has 0 aromatic carbocycles. The third kappa shape index (κ3) is 3.14. The van der Waals surface area contributed by atoms with Gasteiger partial charge in [0.25, 0.3) is 0 Å². The van der Waals surface area contributed by atoms with Crippen LogP contribution in [0, 0.1) is 0 Å². The van der Waals surface area contributed by atoms with Crippen molar-refractivity contribution in [3.63, 3.8) is 0 Å². The monoisotopic (exact) mass is 236 g/mol. The van der Waals surface area contributed by atoms with Crippen LogP contribution in [0.15, 0.2) is 0 Å². The van der Waals surface area contributed by atoms with Gasteiger partial charge in [0, 0.05) is 19.6 Å². The topological polar surface area (TPSA) is 69.6 Å². The van der Waals surface area contributed by atoms with Gasteiger partial charge in [-0.05, 0) is 26.8 Å². The standard InChI is InChI=1S/C9H20N2O3S/c1-3-15(13,14)11-6-4-9(12,5-7-11)8-10-2/h10,12H,3-8H2,1-2H3. The molecule has 0 unspecified atom stereocenters. The fourth-order valence-corrected chi connectivity index (χ4v) is 2.97. The second kappa shape index (κ2) is 4.78. The first-order valence-corrected chi connectivity index (χ1v) is 6.89. The third-order valence-electron chi connectivity index (χ3n) is 2.92. The minimum absolute atomic E-state index is 0.136. The summed E-state index contributed by atoms with van der Waals surface area (Å²) in [7, 11) is -1.30. The molecule has 0 amide bonds. The maximum atomic E-state index is 11.6. The Morgan fingerprint density at radius 1 is 1.40 bits per heavy atom. The summed E-state index contributed by atoms with van der Waals surface area (Å²) in [5.41, 5.74) is -0.742. The molecule has 0 aromatic heterocycles. The average molecular weight is 236 g/mol. The lowest BCUT2D eigenvalue weighted by atomic mass is 9.92. The van der Waals surface area contributed by atoms with Crippen LogP contribution >= 0.6 is 0 Å². The summed E-state index contributed by atoms with van der Waals surface area (Å²) in [5, 5.41) is 13.0. The highest BCUT2D eigenvalue weighted by atomic mass is 32.2. The van der Waals surface area contributed by atoms with E-state index in [9.17, 15) is 13.5 Å². The van der Waals surface area contributed by atoms with Crippen LogP contribution in [0.25, 0.3) is 0 Å². The van der Waals surface area contributed by atoms with Crippen LogP contribution < -0.4 is 5.32 Å². The van der Waals surface area contributed by atoms with E-state index in [1.165, 1.54) is 4.31 Å². The smallest absolute Gasteiger partial charge is 0.213 e. The van der Waals surface area contributed by atoms with Gasteiger partial charge in [0.1, 0.15) is 0 Å². The Bertz CT molecular complexity index is 294. The second-order valence-electron chi connectivity index (χ2n) is 4.05. The highest BCUT2D eigenvalue weighted by Crippen LogP contribution is 2.23. The summed E-state index contributed by atoms with van der Waals surface area (Å²) in [6.45, 7) is 3.01. The van der Waals surface area contributed by atoms with E-state index in [0.717, 1.165) is 0 Å². The molecule has 0 aliphatic carbocycles. The van der Waals surface area contributed by atoms with Crippen molar-refractivity contribution in [1.29, 1.82) is 0 Å². The second-order valence-corrected chi connectivity index (χ2v) is 6.31. The summed E-state index contributed by atoms with van der Waals surface area (Å²) < 4.78 is 24.6. The van der Waals surface area contributed by atoms with Gasteiger partial charge in [-0.3, -0.25) is 0 Å². The third-order valence-corrected chi connectivity index (χ3v) is 4.80. The summed E-state index contributed by atoms with van der Waals surface area (Å²) in [4.78, 5) is 0. The SMILES string of the molecule is CCS(=O)(=O)N1CCC(O)(CNC)CC1. The number of piperidine rings is 1. The van der Waals surface area contributed by atoms with Gasteiger partial charge in [0.2, 0.25) is 10.0 Å². The van der Waals surface area contributed by atoms with Gasteiger partial charge in [-0.2, -0.15) is 0 Å². The van der Waals surface area contributed by atoms with Gasteiger partial charge in [-0.25, -0.2) is 12.7 Å². The van der Waals surface area contributed by atoms with Crippen LogP contribution in [-0.2, 0) is 10.0 Å². The maximum absolute atomic E-state index is 11.6. The van der Waals surface area contributed by atoms with Crippen LogP contribution in [0.5, 0.6) is 0 Å². The number of sulfonamides is 1. The van der Waals surface area contributed by atoms with Crippen LogP contribution in [0.2, 0.25) is 0 Å². The molecule has 0 aromatic rings. The molecule has 5 nitrogen and oxygen atoms in total. The molecule has 1 fully saturated rings. The molecule has 6 heteroatoms. The van der Waals surface area contributed by atoms with E-state index in [2.05, 4.69) is 5.32 Å². The predicted molar refractivity (Wildman–Crippen MR) is 59.1 cm³/mol. The van der Waals surface area contributed by atoms with Crippen LogP contribution in [0.4, 0.5) is 0 Å². The van der Waals surface area contributed by atoms with Crippen molar-refractivity contribution in [3.8, 4) is 0 Å². The van der Waals surface area contributed by atoms with E-state index in [0.29, 0.717) is 32.5 Å². The zero-order chi connectivity index (χ0) is 11.5. The first-order chi connectivity index (χ1) is 6.93. The van der Waals surface area contributed by atoms with Crippen molar-refractivity contribution in [3.05, 3.63) is 0 Å². The van der Waals surface area contributed by atoms with E-state index in [-0.39, 0.29) is 5.75 Å². The zero-order valence-electron chi connectivity index (χ0n) is 9.36. The molecule has 0 saturated carbocycles. The fourth-order valence-electron chi connectivity index (χ4n) is 1.87. The lowest BCUT2D eigenvalue weighted by Gasteiger charge is -2.37. The first-order valence-electron chi connectivity index (χ1n) is 5.28. The number of aliphatic hydroxyl groups is 1. The fraction of sp³-hybridized carbons (Fsp3) is 1.00. The summed E-state index contributed by atoms with van der Waals surface area (Å²) in [5.74, 6) is 0.136. The van der Waals surface area contributed by atoms with Gasteiger partial charge >= 0.3 is 0 Å². The molecule has 0 radical (unpaired) electrons. The minimum atomic E-state index is -3.08. The Morgan fingerprint density at radius 3 is 2.33 bits per heavy atom. The van der Waals surface area contributed by atoms with Crippen molar-refractivity contribution in [2.75, 3.05) is 32.4 Å². The van der Waals surface area contributed by atoms with Gasteiger partial charge in [0.05, 0.1) is 11.4 Å². The molecular weight excluding hydrogens is 216 g/mol. The molecule has 1 heterocycles. The van der Waals surface area contributed by atoms with Crippen LogP contribution in [-0.4, -0.2) is 55.9 Å². The highest BCUT2D eigenvalue weighted by molar-refractivity contribution is 7.89. The molecule has 1 aliphatic rings. The van der Waals surface area contributed by atoms with Crippen molar-refractivity contribution >= 4 is 10.0 Å². The van der Waals surface area contributed by atoms with E-state index in [1.807, 2.05) is 0 Å². The number of nitrogens with one attached hydrogen (secondary N) is 1. The van der Waals surface area contributed by atoms with E-state index in [4.69, 9.17) is 0 Å². The largest absolute Gasteiger partial charge is 0.388 e. The van der Waals surface area contributed by atoms with Crippen LogP contribution in [0.3, 0.4) is 0 Å². The quantitative estimate of drug-likeness (QED) is 0.683. The number of hydrogen-bond acceptors (Lipinski definition) is 4. The van der Waals surface area contributed by atoms with E-state index < -0.39 is 15.6 Å². The lowest BCUT2D eigenvalue weighted by molar-refractivity contribution is -0.00230. The Kier molecular flexibility index (Phi) is 4.11. The van der Waals surface area contributed by atoms with Crippen molar-refractivity contribution in [2.24, 2.45) is 0 Å². The summed E-state index contributed by atoms with van der Waals surface area (Å²) >= 11 is 0. The van der Waals surface area contributed by atoms with E-state index >= 15 is 0 Å². The number of rotatable bonds is 4. The molecule has 0 spiro atoms. The normalized spacial score (nSPS) is 22.9. The molecule has 2 N–H and O–H groups in total. The molecule has 90 valence electrons. The maximum Gasteiger partial charge on any atom is 0.213 e.